The molecular weight excluding hydrogens is 238 g/mol. The van der Waals surface area contributed by atoms with E-state index < -0.39 is 0 Å². The SMILES string of the molecule is CCCC1(C(=O)Nc2nnns2)CCCNC1. The first kappa shape index (κ1) is 12.4. The predicted octanol–water partition coefficient (Wildman–Crippen LogP) is 1.04. The Hall–Kier alpha value is -1.08. The van der Waals surface area contributed by atoms with Crippen LogP contribution >= 0.6 is 11.5 Å². The van der Waals surface area contributed by atoms with E-state index in [-0.39, 0.29) is 11.3 Å². The van der Waals surface area contributed by atoms with Crippen molar-refractivity contribution < 1.29 is 4.79 Å². The Morgan fingerprint density at radius 2 is 2.53 bits per heavy atom. The van der Waals surface area contributed by atoms with Gasteiger partial charge in [-0.1, -0.05) is 22.9 Å². The van der Waals surface area contributed by atoms with Crippen LogP contribution in [-0.4, -0.2) is 33.8 Å². The van der Waals surface area contributed by atoms with Crippen LogP contribution in [0.4, 0.5) is 5.13 Å². The van der Waals surface area contributed by atoms with Crippen molar-refractivity contribution in [3.05, 3.63) is 0 Å². The van der Waals surface area contributed by atoms with Crippen molar-refractivity contribution in [2.24, 2.45) is 5.41 Å². The van der Waals surface area contributed by atoms with E-state index in [1.165, 1.54) is 0 Å². The highest BCUT2D eigenvalue weighted by atomic mass is 32.1. The molecule has 1 fully saturated rings. The second-order valence-electron chi connectivity index (χ2n) is 4.43. The largest absolute Gasteiger partial charge is 0.316 e. The third kappa shape index (κ3) is 2.78. The van der Waals surface area contributed by atoms with E-state index in [1.54, 1.807) is 0 Å². The number of nitrogens with one attached hydrogen (secondary N) is 2. The second-order valence-corrected chi connectivity index (χ2v) is 5.16. The van der Waals surface area contributed by atoms with Gasteiger partial charge in [-0.15, -0.1) is 0 Å². The van der Waals surface area contributed by atoms with Crippen molar-refractivity contribution in [1.29, 1.82) is 0 Å². The summed E-state index contributed by atoms with van der Waals surface area (Å²) in [6.07, 6.45) is 3.88. The maximum absolute atomic E-state index is 12.3. The molecule has 7 heteroatoms. The van der Waals surface area contributed by atoms with E-state index in [0.29, 0.717) is 5.13 Å². The number of carbonyl (C=O) groups is 1. The minimum atomic E-state index is -0.293. The van der Waals surface area contributed by atoms with Gasteiger partial charge >= 0.3 is 0 Å². The highest BCUT2D eigenvalue weighted by molar-refractivity contribution is 7.09. The Morgan fingerprint density at radius 1 is 1.65 bits per heavy atom. The van der Waals surface area contributed by atoms with Crippen LogP contribution in [0.2, 0.25) is 0 Å². The number of piperidine rings is 1. The molecule has 94 valence electrons. The van der Waals surface area contributed by atoms with Gasteiger partial charge in [-0.3, -0.25) is 10.1 Å². The van der Waals surface area contributed by atoms with Gasteiger partial charge in [0.15, 0.2) is 0 Å². The number of anilines is 1. The van der Waals surface area contributed by atoms with Gasteiger partial charge in [0.1, 0.15) is 0 Å². The van der Waals surface area contributed by atoms with Crippen LogP contribution in [-0.2, 0) is 4.79 Å². The van der Waals surface area contributed by atoms with E-state index in [2.05, 4.69) is 32.4 Å². The van der Waals surface area contributed by atoms with Crippen LogP contribution in [0.1, 0.15) is 32.6 Å². The lowest BCUT2D eigenvalue weighted by molar-refractivity contribution is -0.127. The molecule has 1 amide bonds. The average molecular weight is 255 g/mol. The van der Waals surface area contributed by atoms with Crippen molar-refractivity contribution >= 4 is 22.6 Å². The molecule has 1 aromatic rings. The molecule has 2 heterocycles. The first-order valence-electron chi connectivity index (χ1n) is 5.94. The molecular formula is C10H17N5OS. The first-order chi connectivity index (χ1) is 8.27. The van der Waals surface area contributed by atoms with Gasteiger partial charge in [-0.25, -0.2) is 0 Å². The number of amides is 1. The minimum absolute atomic E-state index is 0.0464. The fourth-order valence-electron chi connectivity index (χ4n) is 2.38. The fourth-order valence-corrected chi connectivity index (χ4v) is 2.74. The predicted molar refractivity (Wildman–Crippen MR) is 65.8 cm³/mol. The summed E-state index contributed by atoms with van der Waals surface area (Å²) in [5.74, 6) is 0.0464. The summed E-state index contributed by atoms with van der Waals surface area (Å²) < 4.78 is 3.64. The van der Waals surface area contributed by atoms with Crippen LogP contribution in [0, 0.1) is 5.41 Å². The standard InChI is InChI=1S/C10H17N5OS/c1-2-4-10(5-3-6-11-7-10)8(16)12-9-13-14-15-17-9/h11H,2-7H2,1H3,(H,12,13,15,16). The van der Waals surface area contributed by atoms with E-state index in [4.69, 9.17) is 0 Å². The van der Waals surface area contributed by atoms with Crippen LogP contribution in [0.25, 0.3) is 0 Å². The van der Waals surface area contributed by atoms with Gasteiger partial charge in [0, 0.05) is 18.1 Å². The van der Waals surface area contributed by atoms with Crippen molar-refractivity contribution in [2.75, 3.05) is 18.4 Å². The lowest BCUT2D eigenvalue weighted by atomic mass is 9.76. The quantitative estimate of drug-likeness (QED) is 0.840. The number of aromatic nitrogens is 3. The topological polar surface area (TPSA) is 79.8 Å². The number of nitrogens with zero attached hydrogens (tertiary/aromatic N) is 3. The van der Waals surface area contributed by atoms with Crippen LogP contribution in [0.15, 0.2) is 0 Å². The molecule has 0 radical (unpaired) electrons. The Morgan fingerprint density at radius 3 is 3.12 bits per heavy atom. The molecule has 0 bridgehead atoms. The molecule has 1 aliphatic rings. The number of rotatable bonds is 4. The molecule has 17 heavy (non-hydrogen) atoms. The highest BCUT2D eigenvalue weighted by Crippen LogP contribution is 2.33. The Labute approximate surface area is 104 Å². The third-order valence-corrected chi connectivity index (χ3v) is 3.71. The van der Waals surface area contributed by atoms with Gasteiger partial charge in [-0.05, 0) is 31.0 Å². The number of hydrogen-bond donors (Lipinski definition) is 2. The summed E-state index contributed by atoms with van der Waals surface area (Å²) in [5.41, 5.74) is -0.293. The van der Waals surface area contributed by atoms with Crippen molar-refractivity contribution in [3.63, 3.8) is 0 Å². The van der Waals surface area contributed by atoms with Gasteiger partial charge in [0.25, 0.3) is 0 Å². The lowest BCUT2D eigenvalue weighted by Gasteiger charge is -2.35. The lowest BCUT2D eigenvalue weighted by Crippen LogP contribution is -2.48. The van der Waals surface area contributed by atoms with Crippen LogP contribution in [0.3, 0.4) is 0 Å². The zero-order valence-electron chi connectivity index (χ0n) is 9.90. The zero-order chi connectivity index (χ0) is 12.1. The van der Waals surface area contributed by atoms with Gasteiger partial charge in [0.2, 0.25) is 11.0 Å². The van der Waals surface area contributed by atoms with Crippen molar-refractivity contribution in [2.45, 2.75) is 32.6 Å². The van der Waals surface area contributed by atoms with E-state index >= 15 is 0 Å². The summed E-state index contributed by atoms with van der Waals surface area (Å²) in [6, 6.07) is 0. The number of hydrogen-bond acceptors (Lipinski definition) is 6. The van der Waals surface area contributed by atoms with E-state index in [9.17, 15) is 4.79 Å². The molecule has 0 spiro atoms. The minimum Gasteiger partial charge on any atom is -0.316 e. The monoisotopic (exact) mass is 255 g/mol. The van der Waals surface area contributed by atoms with Gasteiger partial charge in [0.05, 0.1) is 5.41 Å². The molecule has 2 N–H and O–H groups in total. The summed E-state index contributed by atoms with van der Waals surface area (Å²) in [5, 5.41) is 13.8. The molecule has 6 nitrogen and oxygen atoms in total. The van der Waals surface area contributed by atoms with E-state index in [0.717, 1.165) is 50.3 Å². The smallest absolute Gasteiger partial charge is 0.233 e. The number of carbonyl (C=O) groups excluding carboxylic acids is 1. The summed E-state index contributed by atoms with van der Waals surface area (Å²) in [7, 11) is 0. The average Bonchev–Trinajstić information content (AvgIpc) is 2.83. The van der Waals surface area contributed by atoms with Crippen LogP contribution in [0.5, 0.6) is 0 Å². The zero-order valence-corrected chi connectivity index (χ0v) is 10.7. The Bertz CT molecular complexity index is 355. The summed E-state index contributed by atoms with van der Waals surface area (Å²) in [6.45, 7) is 3.86. The molecule has 1 aromatic heterocycles. The Kier molecular flexibility index (Phi) is 4.01. The third-order valence-electron chi connectivity index (χ3n) is 3.20. The van der Waals surface area contributed by atoms with Crippen molar-refractivity contribution in [1.82, 2.24) is 20.1 Å². The highest BCUT2D eigenvalue weighted by Gasteiger charge is 2.38. The summed E-state index contributed by atoms with van der Waals surface area (Å²) in [4.78, 5) is 12.3. The van der Waals surface area contributed by atoms with Gasteiger partial charge in [-0.2, -0.15) is 0 Å². The van der Waals surface area contributed by atoms with E-state index in [1.807, 2.05) is 0 Å². The maximum atomic E-state index is 12.3. The van der Waals surface area contributed by atoms with Crippen molar-refractivity contribution in [3.8, 4) is 0 Å². The molecule has 2 rings (SSSR count). The summed E-state index contributed by atoms with van der Waals surface area (Å²) >= 11 is 1.11. The maximum Gasteiger partial charge on any atom is 0.233 e. The molecule has 0 saturated carbocycles. The van der Waals surface area contributed by atoms with Gasteiger partial charge < -0.3 is 5.32 Å². The molecule has 1 saturated heterocycles. The van der Waals surface area contributed by atoms with Crippen LogP contribution < -0.4 is 10.6 Å². The normalized spacial score (nSPS) is 24.5. The molecule has 0 aliphatic carbocycles. The molecule has 1 aliphatic heterocycles. The molecule has 1 unspecified atom stereocenters. The first-order valence-corrected chi connectivity index (χ1v) is 6.71. The Balaban J connectivity index is 2.06. The molecule has 0 aromatic carbocycles. The fraction of sp³-hybridized carbons (Fsp3) is 0.800. The molecule has 1 atom stereocenters. The second kappa shape index (κ2) is 5.50.